The van der Waals surface area contributed by atoms with Crippen molar-refractivity contribution >= 4 is 33.4 Å². The first-order valence-electron chi connectivity index (χ1n) is 10.7. The molecule has 1 fully saturated rings. The Morgan fingerprint density at radius 3 is 2.59 bits per heavy atom. The van der Waals surface area contributed by atoms with Crippen molar-refractivity contribution in [3.05, 3.63) is 64.8 Å². The van der Waals surface area contributed by atoms with Crippen LogP contribution in [0.3, 0.4) is 0 Å². The highest BCUT2D eigenvalue weighted by Crippen LogP contribution is 2.34. The Balaban J connectivity index is 1.50. The highest BCUT2D eigenvalue weighted by Gasteiger charge is 2.27. The van der Waals surface area contributed by atoms with Gasteiger partial charge in [0.15, 0.2) is 0 Å². The minimum Gasteiger partial charge on any atom is -0.489 e. The summed E-state index contributed by atoms with van der Waals surface area (Å²) in [6.45, 7) is 3.25. The summed E-state index contributed by atoms with van der Waals surface area (Å²) in [6, 6.07) is 14.0. The van der Waals surface area contributed by atoms with Crippen LogP contribution in [0.4, 0.5) is 9.18 Å². The van der Waals surface area contributed by atoms with Crippen LogP contribution in [-0.2, 0) is 11.3 Å². The Kier molecular flexibility index (Phi) is 6.90. The van der Waals surface area contributed by atoms with E-state index in [1.165, 1.54) is 17.4 Å². The maximum atomic E-state index is 14.7. The van der Waals surface area contributed by atoms with Gasteiger partial charge in [0.2, 0.25) is 0 Å². The number of nitrogens with one attached hydrogen (secondary N) is 1. The van der Waals surface area contributed by atoms with E-state index in [4.69, 9.17) is 9.47 Å². The third-order valence-corrected chi connectivity index (χ3v) is 6.65. The third kappa shape index (κ3) is 4.85. The fraction of sp³-hybridized carbons (Fsp3) is 0.333. The number of carbonyl (C=O) groups excluding carboxylic acids is 2. The number of halogens is 1. The van der Waals surface area contributed by atoms with E-state index in [1.807, 2.05) is 36.4 Å². The number of amides is 2. The van der Waals surface area contributed by atoms with Crippen LogP contribution in [0.1, 0.15) is 35.0 Å². The van der Waals surface area contributed by atoms with Crippen LogP contribution in [0.2, 0.25) is 0 Å². The molecule has 6 nitrogen and oxygen atoms in total. The predicted molar refractivity (Wildman–Crippen MR) is 122 cm³/mol. The molecule has 0 atom stereocenters. The monoisotopic (exact) mass is 456 g/mol. The number of carbonyl (C=O) groups is 2. The molecule has 1 aliphatic rings. The molecule has 3 aromatic rings. The molecule has 0 radical (unpaired) electrons. The second-order valence-electron chi connectivity index (χ2n) is 7.56. The molecular formula is C24H25FN2O4S. The van der Waals surface area contributed by atoms with Crippen LogP contribution >= 0.6 is 11.3 Å². The molecule has 0 unspecified atom stereocenters. The van der Waals surface area contributed by atoms with Crippen LogP contribution < -0.4 is 10.1 Å². The smallest absolute Gasteiger partial charge is 0.409 e. The molecule has 168 valence electrons. The predicted octanol–water partition coefficient (Wildman–Crippen LogP) is 4.97. The lowest BCUT2D eigenvalue weighted by Crippen LogP contribution is -2.46. The Hall–Kier alpha value is -3.13. The number of hydrogen-bond donors (Lipinski definition) is 1. The van der Waals surface area contributed by atoms with Crippen LogP contribution in [0.25, 0.3) is 10.1 Å². The lowest BCUT2D eigenvalue weighted by atomic mass is 10.0. The average molecular weight is 457 g/mol. The van der Waals surface area contributed by atoms with Gasteiger partial charge in [-0.25, -0.2) is 9.18 Å². The molecular weight excluding hydrogens is 431 g/mol. The molecule has 1 aliphatic heterocycles. The second-order valence-corrected chi connectivity index (χ2v) is 8.61. The van der Waals surface area contributed by atoms with Crippen molar-refractivity contribution in [3.8, 4) is 5.75 Å². The quantitative estimate of drug-likeness (QED) is 0.569. The van der Waals surface area contributed by atoms with Crippen LogP contribution in [0.15, 0.2) is 48.5 Å². The van der Waals surface area contributed by atoms with Gasteiger partial charge in [-0.1, -0.05) is 24.3 Å². The average Bonchev–Trinajstić information content (AvgIpc) is 3.19. The molecule has 0 spiro atoms. The topological polar surface area (TPSA) is 67.9 Å². The van der Waals surface area contributed by atoms with E-state index >= 15 is 0 Å². The Bertz CT molecular complexity index is 1090. The summed E-state index contributed by atoms with van der Waals surface area (Å²) in [4.78, 5) is 27.1. The molecule has 4 rings (SSSR count). The zero-order chi connectivity index (χ0) is 22.5. The van der Waals surface area contributed by atoms with Crippen molar-refractivity contribution in [2.45, 2.75) is 32.4 Å². The van der Waals surface area contributed by atoms with Gasteiger partial charge >= 0.3 is 6.09 Å². The minimum absolute atomic E-state index is 0.0638. The number of ether oxygens (including phenoxy) is 2. The van der Waals surface area contributed by atoms with Crippen LogP contribution in [0, 0.1) is 5.82 Å². The molecule has 1 aromatic heterocycles. The van der Waals surface area contributed by atoms with E-state index in [1.54, 1.807) is 17.9 Å². The Labute approximate surface area is 189 Å². The summed E-state index contributed by atoms with van der Waals surface area (Å²) in [5, 5.41) is 3.49. The number of hydrogen-bond acceptors (Lipinski definition) is 5. The van der Waals surface area contributed by atoms with Gasteiger partial charge in [-0.15, -0.1) is 11.3 Å². The number of thiophene rings is 1. The summed E-state index contributed by atoms with van der Waals surface area (Å²) < 4.78 is 26.3. The summed E-state index contributed by atoms with van der Waals surface area (Å²) >= 11 is 1.27. The molecule has 0 bridgehead atoms. The molecule has 2 heterocycles. The first kappa shape index (κ1) is 22.1. The van der Waals surface area contributed by atoms with E-state index in [9.17, 15) is 14.0 Å². The van der Waals surface area contributed by atoms with Crippen molar-refractivity contribution in [2.75, 3.05) is 19.7 Å². The maximum absolute atomic E-state index is 14.7. The summed E-state index contributed by atoms with van der Waals surface area (Å²) in [5.74, 6) is 0.0416. The van der Waals surface area contributed by atoms with Crippen molar-refractivity contribution in [2.24, 2.45) is 0 Å². The van der Waals surface area contributed by atoms with E-state index < -0.39 is 0 Å². The standard InChI is InChI=1S/C24H25FN2O4S/c1-2-30-24(29)27-13-11-16(12-14-27)26-23(28)22-18(15-31-17-7-4-3-5-8-17)21-19(25)9-6-10-20(21)32-22/h3-10,16H,2,11-15H2,1H3,(H,26,28). The number of fused-ring (bicyclic) bond motifs is 1. The maximum Gasteiger partial charge on any atom is 0.409 e. The van der Waals surface area contributed by atoms with E-state index in [-0.39, 0.29) is 30.5 Å². The second kappa shape index (κ2) is 9.99. The first-order chi connectivity index (χ1) is 15.6. The van der Waals surface area contributed by atoms with Gasteiger partial charge < -0.3 is 19.7 Å². The van der Waals surface area contributed by atoms with Gasteiger partial charge in [-0.3, -0.25) is 4.79 Å². The SMILES string of the molecule is CCOC(=O)N1CCC(NC(=O)c2sc3cccc(F)c3c2COc2ccccc2)CC1. The Morgan fingerprint density at radius 2 is 1.88 bits per heavy atom. The van der Waals surface area contributed by atoms with Gasteiger partial charge in [0.25, 0.3) is 5.91 Å². The molecule has 2 amide bonds. The Morgan fingerprint density at radius 1 is 1.12 bits per heavy atom. The van der Waals surface area contributed by atoms with Gasteiger partial charge in [-0.2, -0.15) is 0 Å². The van der Waals surface area contributed by atoms with Gasteiger partial charge in [-0.05, 0) is 44.0 Å². The summed E-state index contributed by atoms with van der Waals surface area (Å²) in [5.41, 5.74) is 0.549. The lowest BCUT2D eigenvalue weighted by molar-refractivity contribution is 0.0861. The highest BCUT2D eigenvalue weighted by atomic mass is 32.1. The summed E-state index contributed by atoms with van der Waals surface area (Å²) in [7, 11) is 0. The van der Waals surface area contributed by atoms with E-state index in [0.717, 1.165) is 0 Å². The number of para-hydroxylation sites is 1. The molecule has 0 saturated carbocycles. The molecule has 0 aliphatic carbocycles. The molecule has 1 N–H and O–H groups in total. The zero-order valence-electron chi connectivity index (χ0n) is 17.8. The normalized spacial score (nSPS) is 14.4. The van der Waals surface area contributed by atoms with Gasteiger partial charge in [0, 0.05) is 34.8 Å². The number of nitrogens with zero attached hydrogens (tertiary/aromatic N) is 1. The van der Waals surface area contributed by atoms with Gasteiger partial charge in [0.1, 0.15) is 18.2 Å². The fourth-order valence-electron chi connectivity index (χ4n) is 3.83. The van der Waals surface area contributed by atoms with Gasteiger partial charge in [0.05, 0.1) is 11.5 Å². The molecule has 32 heavy (non-hydrogen) atoms. The van der Waals surface area contributed by atoms with Crippen molar-refractivity contribution in [1.82, 2.24) is 10.2 Å². The van der Waals surface area contributed by atoms with Crippen molar-refractivity contribution in [3.63, 3.8) is 0 Å². The van der Waals surface area contributed by atoms with Crippen molar-refractivity contribution < 1.29 is 23.5 Å². The summed E-state index contributed by atoms with van der Waals surface area (Å²) in [6.07, 6.45) is 0.955. The first-order valence-corrected chi connectivity index (χ1v) is 11.5. The zero-order valence-corrected chi connectivity index (χ0v) is 18.6. The van der Waals surface area contributed by atoms with Crippen LogP contribution in [-0.4, -0.2) is 42.6 Å². The molecule has 1 saturated heterocycles. The number of benzene rings is 2. The number of rotatable bonds is 6. The highest BCUT2D eigenvalue weighted by molar-refractivity contribution is 7.21. The minimum atomic E-state index is -0.368. The van der Waals surface area contributed by atoms with Crippen LogP contribution in [0.5, 0.6) is 5.75 Å². The number of piperidine rings is 1. The fourth-order valence-corrected chi connectivity index (χ4v) is 4.96. The molecule has 2 aromatic carbocycles. The molecule has 8 heteroatoms. The largest absolute Gasteiger partial charge is 0.489 e. The van der Waals surface area contributed by atoms with E-state index in [2.05, 4.69) is 5.32 Å². The van der Waals surface area contributed by atoms with E-state index in [0.29, 0.717) is 58.8 Å². The van der Waals surface area contributed by atoms with Crippen molar-refractivity contribution in [1.29, 1.82) is 0 Å². The third-order valence-electron chi connectivity index (χ3n) is 5.45. The number of likely N-dealkylation sites (tertiary alicyclic amines) is 1. The lowest BCUT2D eigenvalue weighted by Gasteiger charge is -2.31.